The van der Waals surface area contributed by atoms with Gasteiger partial charge in [0, 0.05) is 26.1 Å². The van der Waals surface area contributed by atoms with Gasteiger partial charge in [0.1, 0.15) is 5.75 Å². The van der Waals surface area contributed by atoms with E-state index < -0.39 is 22.1 Å². The van der Waals surface area contributed by atoms with Crippen LogP contribution < -0.4 is 9.46 Å². The third-order valence-electron chi connectivity index (χ3n) is 3.21. The number of benzene rings is 1. The second-order valence-corrected chi connectivity index (χ2v) is 6.67. The Morgan fingerprint density at radius 1 is 1.22 bits per heavy atom. The van der Waals surface area contributed by atoms with E-state index in [2.05, 4.69) is 9.46 Å². The van der Waals surface area contributed by atoms with Crippen LogP contribution in [0.4, 0.5) is 13.2 Å². The first-order valence-electron chi connectivity index (χ1n) is 6.81. The Kier molecular flexibility index (Phi) is 5.15. The molecule has 0 saturated carbocycles. The van der Waals surface area contributed by atoms with E-state index in [4.69, 9.17) is 0 Å². The Balaban J connectivity index is 1.89. The molecule has 1 aromatic carbocycles. The second-order valence-electron chi connectivity index (χ2n) is 4.90. The number of hydrogen-bond donors (Lipinski definition) is 1. The third-order valence-corrected chi connectivity index (χ3v) is 4.68. The number of likely N-dealkylation sites (tertiary alicyclic amines) is 1. The molecule has 0 radical (unpaired) electrons. The van der Waals surface area contributed by atoms with Crippen LogP contribution >= 0.6 is 0 Å². The van der Waals surface area contributed by atoms with Crippen LogP contribution in [0.3, 0.4) is 0 Å². The van der Waals surface area contributed by atoms with Crippen LogP contribution in [0, 0.1) is 0 Å². The van der Waals surface area contributed by atoms with Crippen LogP contribution in [-0.4, -0.2) is 45.2 Å². The van der Waals surface area contributed by atoms with Crippen molar-refractivity contribution >= 4 is 15.9 Å². The van der Waals surface area contributed by atoms with Crippen molar-refractivity contribution in [2.45, 2.75) is 24.1 Å². The molecule has 0 spiro atoms. The van der Waals surface area contributed by atoms with E-state index in [-0.39, 0.29) is 23.8 Å². The highest BCUT2D eigenvalue weighted by atomic mass is 32.2. The predicted molar refractivity (Wildman–Crippen MR) is 74.1 cm³/mol. The molecule has 6 nitrogen and oxygen atoms in total. The van der Waals surface area contributed by atoms with E-state index in [1.54, 1.807) is 4.90 Å². The lowest BCUT2D eigenvalue weighted by atomic mass is 10.2. The van der Waals surface area contributed by atoms with Gasteiger partial charge in [0.15, 0.2) is 0 Å². The summed E-state index contributed by atoms with van der Waals surface area (Å²) in [4.78, 5) is 13.0. The van der Waals surface area contributed by atoms with E-state index in [0.717, 1.165) is 30.7 Å². The number of nitrogens with zero attached hydrogens (tertiary/aromatic N) is 1. The topological polar surface area (TPSA) is 75.7 Å². The van der Waals surface area contributed by atoms with Gasteiger partial charge < -0.3 is 9.64 Å². The van der Waals surface area contributed by atoms with Gasteiger partial charge >= 0.3 is 6.36 Å². The number of carbonyl (C=O) groups excluding carboxylic acids is 1. The number of amides is 1. The standard InChI is InChI=1S/C13H15F3N2O4S/c14-13(15,16)22-10-2-4-11(5-3-10)23(20,21)17-7-6-12(19)18-8-1-9-18/h2-5,17H,1,6-9H2. The zero-order chi connectivity index (χ0) is 17.1. The number of hydrogen-bond acceptors (Lipinski definition) is 4. The molecule has 1 saturated heterocycles. The first kappa shape index (κ1) is 17.5. The van der Waals surface area contributed by atoms with Crippen molar-refractivity contribution in [1.29, 1.82) is 0 Å². The maximum atomic E-state index is 12.0. The van der Waals surface area contributed by atoms with Gasteiger partial charge in [-0.05, 0) is 30.7 Å². The van der Waals surface area contributed by atoms with Gasteiger partial charge in [0.05, 0.1) is 4.90 Å². The van der Waals surface area contributed by atoms with Crippen LogP contribution in [0.2, 0.25) is 0 Å². The fourth-order valence-electron chi connectivity index (χ4n) is 1.92. The maximum absolute atomic E-state index is 12.0. The lowest BCUT2D eigenvalue weighted by molar-refractivity contribution is -0.274. The minimum Gasteiger partial charge on any atom is -0.406 e. The van der Waals surface area contributed by atoms with E-state index >= 15 is 0 Å². The Morgan fingerprint density at radius 2 is 1.83 bits per heavy atom. The highest BCUT2D eigenvalue weighted by Crippen LogP contribution is 2.23. The number of ether oxygens (including phenoxy) is 1. The van der Waals surface area contributed by atoms with E-state index in [9.17, 15) is 26.4 Å². The van der Waals surface area contributed by atoms with Crippen molar-refractivity contribution in [2.24, 2.45) is 0 Å². The molecule has 0 unspecified atom stereocenters. The molecule has 0 atom stereocenters. The van der Waals surface area contributed by atoms with Gasteiger partial charge in [0.25, 0.3) is 0 Å². The molecule has 1 N–H and O–H groups in total. The molecule has 1 fully saturated rings. The average Bonchev–Trinajstić information content (AvgIpc) is 2.35. The SMILES string of the molecule is O=C(CCNS(=O)(=O)c1ccc(OC(F)(F)F)cc1)N1CCC1. The molecular weight excluding hydrogens is 337 g/mol. The number of rotatable bonds is 6. The molecule has 0 aromatic heterocycles. The molecule has 1 aromatic rings. The summed E-state index contributed by atoms with van der Waals surface area (Å²) in [6.45, 7) is 1.30. The summed E-state index contributed by atoms with van der Waals surface area (Å²) in [5.74, 6) is -0.641. The van der Waals surface area contributed by atoms with Crippen molar-refractivity contribution in [3.63, 3.8) is 0 Å². The van der Waals surface area contributed by atoms with Crippen molar-refractivity contribution in [3.05, 3.63) is 24.3 Å². The molecule has 10 heteroatoms. The van der Waals surface area contributed by atoms with Gasteiger partial charge in [-0.1, -0.05) is 0 Å². The average molecular weight is 352 g/mol. The van der Waals surface area contributed by atoms with Crippen molar-refractivity contribution in [2.75, 3.05) is 19.6 Å². The summed E-state index contributed by atoms with van der Waals surface area (Å²) in [5, 5.41) is 0. The smallest absolute Gasteiger partial charge is 0.406 e. The van der Waals surface area contributed by atoms with Crippen LogP contribution in [0.1, 0.15) is 12.8 Å². The van der Waals surface area contributed by atoms with Gasteiger partial charge in [-0.25, -0.2) is 13.1 Å². The molecule has 0 bridgehead atoms. The quantitative estimate of drug-likeness (QED) is 0.842. The van der Waals surface area contributed by atoms with Crippen LogP contribution in [0.25, 0.3) is 0 Å². The van der Waals surface area contributed by atoms with E-state index in [1.807, 2.05) is 0 Å². The molecule has 1 aliphatic heterocycles. The summed E-state index contributed by atoms with van der Waals surface area (Å²) in [5.41, 5.74) is 0. The molecule has 2 rings (SSSR count). The predicted octanol–water partition coefficient (Wildman–Crippen LogP) is 1.49. The summed E-state index contributed by atoms with van der Waals surface area (Å²) in [7, 11) is -3.89. The third kappa shape index (κ3) is 5.10. The van der Waals surface area contributed by atoms with Crippen LogP contribution in [0.15, 0.2) is 29.2 Å². The maximum Gasteiger partial charge on any atom is 0.573 e. The van der Waals surface area contributed by atoms with Gasteiger partial charge in [-0.15, -0.1) is 13.2 Å². The highest BCUT2D eigenvalue weighted by Gasteiger charge is 2.31. The number of halogens is 3. The van der Waals surface area contributed by atoms with Crippen LogP contribution in [0.5, 0.6) is 5.75 Å². The largest absolute Gasteiger partial charge is 0.573 e. The molecule has 1 heterocycles. The summed E-state index contributed by atoms with van der Waals surface area (Å²) < 4.78 is 65.9. The Morgan fingerprint density at radius 3 is 2.30 bits per heavy atom. The Bertz CT molecular complexity index is 655. The minimum atomic E-state index is -4.84. The monoisotopic (exact) mass is 352 g/mol. The number of nitrogens with one attached hydrogen (secondary N) is 1. The molecule has 0 aliphatic carbocycles. The molecule has 128 valence electrons. The Hall–Kier alpha value is -1.81. The zero-order valence-corrected chi connectivity index (χ0v) is 12.8. The highest BCUT2D eigenvalue weighted by molar-refractivity contribution is 7.89. The second kappa shape index (κ2) is 6.75. The summed E-state index contributed by atoms with van der Waals surface area (Å²) in [6, 6.07) is 3.82. The van der Waals surface area contributed by atoms with E-state index in [0.29, 0.717) is 13.1 Å². The number of sulfonamides is 1. The molecule has 23 heavy (non-hydrogen) atoms. The first-order chi connectivity index (χ1) is 10.7. The Labute approximate surface area is 131 Å². The van der Waals surface area contributed by atoms with Gasteiger partial charge in [-0.3, -0.25) is 4.79 Å². The fourth-order valence-corrected chi connectivity index (χ4v) is 2.95. The zero-order valence-electron chi connectivity index (χ0n) is 12.0. The lowest BCUT2D eigenvalue weighted by Crippen LogP contribution is -2.43. The van der Waals surface area contributed by atoms with Gasteiger partial charge in [-0.2, -0.15) is 0 Å². The lowest BCUT2D eigenvalue weighted by Gasteiger charge is -2.30. The fraction of sp³-hybridized carbons (Fsp3) is 0.462. The molecule has 1 aliphatic rings. The summed E-state index contributed by atoms with van der Waals surface area (Å²) >= 11 is 0. The molecule has 1 amide bonds. The van der Waals surface area contributed by atoms with Crippen LogP contribution in [-0.2, 0) is 14.8 Å². The van der Waals surface area contributed by atoms with Gasteiger partial charge in [0.2, 0.25) is 15.9 Å². The number of alkyl halides is 3. The van der Waals surface area contributed by atoms with Crippen molar-refractivity contribution in [1.82, 2.24) is 9.62 Å². The van der Waals surface area contributed by atoms with Crippen molar-refractivity contribution in [3.8, 4) is 5.75 Å². The minimum absolute atomic E-state index is 0.0362. The van der Waals surface area contributed by atoms with E-state index in [1.165, 1.54) is 0 Å². The number of carbonyl (C=O) groups is 1. The first-order valence-corrected chi connectivity index (χ1v) is 8.29. The molecular formula is C13H15F3N2O4S. The van der Waals surface area contributed by atoms with Crippen molar-refractivity contribution < 1.29 is 31.1 Å². The normalized spacial score (nSPS) is 15.2. The summed E-state index contributed by atoms with van der Waals surface area (Å²) in [6.07, 6.45) is -3.85.